The van der Waals surface area contributed by atoms with Crippen molar-refractivity contribution in [2.45, 2.75) is 6.18 Å². The number of carbonyl (C=O) groups excluding carboxylic acids is 2. The van der Waals surface area contributed by atoms with Gasteiger partial charge in [0.1, 0.15) is 6.26 Å². The Labute approximate surface area is 93.2 Å². The molecule has 0 bridgehead atoms. The van der Waals surface area contributed by atoms with Crippen LogP contribution in [0.25, 0.3) is 0 Å². The van der Waals surface area contributed by atoms with E-state index < -0.39 is 30.6 Å². The summed E-state index contributed by atoms with van der Waals surface area (Å²) < 4.78 is 42.2. The fourth-order valence-corrected chi connectivity index (χ4v) is 1.49. The number of rotatable bonds is 1. The summed E-state index contributed by atoms with van der Waals surface area (Å²) in [6.45, 7) is -0.742. The monoisotopic (exact) mass is 248 g/mol. The van der Waals surface area contributed by atoms with Gasteiger partial charge in [-0.1, -0.05) is 0 Å². The van der Waals surface area contributed by atoms with Crippen LogP contribution in [0, 0.1) is 5.92 Å². The van der Waals surface area contributed by atoms with Crippen LogP contribution in [-0.2, 0) is 4.79 Å². The number of nitrogens with one attached hydrogen (secondary N) is 1. The molecule has 0 aliphatic carbocycles. The van der Waals surface area contributed by atoms with Gasteiger partial charge in [0, 0.05) is 12.6 Å². The van der Waals surface area contributed by atoms with Crippen molar-refractivity contribution < 1.29 is 27.2 Å². The third kappa shape index (κ3) is 2.10. The van der Waals surface area contributed by atoms with Crippen LogP contribution in [0.1, 0.15) is 0 Å². The maximum atomic E-state index is 12.5. The van der Waals surface area contributed by atoms with Gasteiger partial charge in [-0.15, -0.1) is 0 Å². The van der Waals surface area contributed by atoms with E-state index in [4.69, 9.17) is 0 Å². The minimum atomic E-state index is -4.69. The zero-order valence-corrected chi connectivity index (χ0v) is 8.32. The second kappa shape index (κ2) is 3.79. The molecule has 0 saturated carbocycles. The zero-order chi connectivity index (χ0) is 12.6. The fourth-order valence-electron chi connectivity index (χ4n) is 1.49. The maximum absolute atomic E-state index is 12.5. The van der Waals surface area contributed by atoms with Gasteiger partial charge in [-0.25, -0.2) is 4.79 Å². The van der Waals surface area contributed by atoms with Gasteiger partial charge in [-0.05, 0) is 0 Å². The van der Waals surface area contributed by atoms with Crippen molar-refractivity contribution in [3.63, 3.8) is 0 Å². The highest BCUT2D eigenvalue weighted by molar-refractivity contribution is 6.06. The summed E-state index contributed by atoms with van der Waals surface area (Å²) >= 11 is 0. The largest absolute Gasteiger partial charge is 0.470 e. The molecule has 5 nitrogen and oxygen atoms in total. The third-order valence-corrected chi connectivity index (χ3v) is 2.37. The highest BCUT2D eigenvalue weighted by Gasteiger charge is 2.49. The van der Waals surface area contributed by atoms with Gasteiger partial charge in [-0.2, -0.15) is 13.2 Å². The molecule has 1 unspecified atom stereocenters. The average Bonchev–Trinajstić information content (AvgIpc) is 2.68. The molecule has 2 rings (SSSR count). The number of urea groups is 1. The molecule has 0 spiro atoms. The molecule has 8 heteroatoms. The van der Waals surface area contributed by atoms with Crippen molar-refractivity contribution in [3.05, 3.63) is 18.6 Å². The lowest BCUT2D eigenvalue weighted by molar-refractivity contribution is -0.180. The maximum Gasteiger partial charge on any atom is 0.402 e. The van der Waals surface area contributed by atoms with Crippen LogP contribution in [0.2, 0.25) is 0 Å². The highest BCUT2D eigenvalue weighted by atomic mass is 19.4. The van der Waals surface area contributed by atoms with Crippen LogP contribution in [0.15, 0.2) is 23.0 Å². The first kappa shape index (κ1) is 11.5. The Hall–Kier alpha value is -1.99. The molecule has 0 aromatic carbocycles. The summed E-state index contributed by atoms with van der Waals surface area (Å²) in [5, 5.41) is 1.66. The molecule has 1 aliphatic rings. The standard InChI is InChI=1S/C9H7F3N2O3/c10-9(11,12)6-3-14(5-1-2-17-4-5)8(16)13-7(6)15/h1-2,4,6H,3H2,(H,13,15,16). The minimum Gasteiger partial charge on any atom is -0.470 e. The smallest absolute Gasteiger partial charge is 0.402 e. The predicted octanol–water partition coefficient (Wildman–Crippen LogP) is 1.51. The first-order valence-corrected chi connectivity index (χ1v) is 4.61. The highest BCUT2D eigenvalue weighted by Crippen LogP contribution is 2.31. The van der Waals surface area contributed by atoms with E-state index in [1.807, 2.05) is 0 Å². The normalized spacial score (nSPS) is 21.6. The van der Waals surface area contributed by atoms with E-state index in [1.165, 1.54) is 12.3 Å². The lowest BCUT2D eigenvalue weighted by atomic mass is 10.1. The van der Waals surface area contributed by atoms with E-state index in [9.17, 15) is 22.8 Å². The molecule has 1 aromatic rings. The third-order valence-electron chi connectivity index (χ3n) is 2.37. The van der Waals surface area contributed by atoms with Crippen molar-refractivity contribution >= 4 is 17.6 Å². The number of carbonyl (C=O) groups is 2. The molecule has 2 heterocycles. The summed E-state index contributed by atoms with van der Waals surface area (Å²) in [6.07, 6.45) is -2.34. The molecule has 17 heavy (non-hydrogen) atoms. The molecule has 92 valence electrons. The molecule has 1 N–H and O–H groups in total. The van der Waals surface area contributed by atoms with E-state index in [2.05, 4.69) is 4.42 Å². The summed E-state index contributed by atoms with van der Waals surface area (Å²) in [6, 6.07) is 0.444. The van der Waals surface area contributed by atoms with Crippen molar-refractivity contribution in [2.75, 3.05) is 11.4 Å². The number of hydrogen-bond donors (Lipinski definition) is 1. The Morgan fingerprint density at radius 3 is 2.65 bits per heavy atom. The Balaban J connectivity index is 2.25. The number of nitrogens with zero attached hydrogens (tertiary/aromatic N) is 1. The van der Waals surface area contributed by atoms with Crippen LogP contribution in [0.3, 0.4) is 0 Å². The van der Waals surface area contributed by atoms with Gasteiger partial charge in [0.2, 0.25) is 5.91 Å². The number of hydrogen-bond acceptors (Lipinski definition) is 3. The number of anilines is 1. The van der Waals surface area contributed by atoms with E-state index in [-0.39, 0.29) is 5.69 Å². The Bertz CT molecular complexity index is 441. The average molecular weight is 248 g/mol. The van der Waals surface area contributed by atoms with Gasteiger partial charge >= 0.3 is 12.2 Å². The van der Waals surface area contributed by atoms with Crippen LogP contribution in [0.4, 0.5) is 23.7 Å². The molecule has 1 aromatic heterocycles. The number of furan rings is 1. The van der Waals surface area contributed by atoms with Crippen molar-refractivity contribution in [1.82, 2.24) is 5.32 Å². The summed E-state index contributed by atoms with van der Waals surface area (Å²) in [5.41, 5.74) is 0.171. The second-order valence-corrected chi connectivity index (χ2v) is 3.48. The Kier molecular flexibility index (Phi) is 2.56. The summed E-state index contributed by atoms with van der Waals surface area (Å²) in [7, 11) is 0. The van der Waals surface area contributed by atoms with Gasteiger partial charge < -0.3 is 4.42 Å². The van der Waals surface area contributed by atoms with Gasteiger partial charge in [0.15, 0.2) is 5.92 Å². The first-order chi connectivity index (χ1) is 7.89. The van der Waals surface area contributed by atoms with Crippen LogP contribution < -0.4 is 10.2 Å². The number of amides is 3. The zero-order valence-electron chi connectivity index (χ0n) is 8.32. The minimum absolute atomic E-state index is 0.171. The Morgan fingerprint density at radius 1 is 1.41 bits per heavy atom. The molecule has 1 atom stereocenters. The SMILES string of the molecule is O=C1NC(=O)N(c2ccoc2)CC1C(F)(F)F. The van der Waals surface area contributed by atoms with Crippen LogP contribution in [0.5, 0.6) is 0 Å². The molecule has 3 amide bonds. The van der Waals surface area contributed by atoms with Crippen molar-refractivity contribution in [1.29, 1.82) is 0 Å². The predicted molar refractivity (Wildman–Crippen MR) is 49.1 cm³/mol. The summed E-state index contributed by atoms with van der Waals surface area (Å²) in [4.78, 5) is 23.2. The molecule has 1 saturated heterocycles. The van der Waals surface area contributed by atoms with E-state index in [1.54, 1.807) is 5.32 Å². The number of imide groups is 1. The number of alkyl halides is 3. The molecule has 1 fully saturated rings. The molecule has 0 radical (unpaired) electrons. The van der Waals surface area contributed by atoms with Crippen LogP contribution >= 0.6 is 0 Å². The van der Waals surface area contributed by atoms with Gasteiger partial charge in [-0.3, -0.25) is 15.0 Å². The number of halogens is 3. The lowest BCUT2D eigenvalue weighted by Crippen LogP contribution is -2.58. The van der Waals surface area contributed by atoms with Crippen LogP contribution in [-0.4, -0.2) is 24.7 Å². The first-order valence-electron chi connectivity index (χ1n) is 4.61. The van der Waals surface area contributed by atoms with E-state index >= 15 is 0 Å². The quantitative estimate of drug-likeness (QED) is 0.819. The topological polar surface area (TPSA) is 62.6 Å². The lowest BCUT2D eigenvalue weighted by Gasteiger charge is -2.31. The molecular formula is C9H7F3N2O3. The Morgan fingerprint density at radius 2 is 2.12 bits per heavy atom. The van der Waals surface area contributed by atoms with E-state index in [0.29, 0.717) is 0 Å². The van der Waals surface area contributed by atoms with E-state index in [0.717, 1.165) is 11.2 Å². The van der Waals surface area contributed by atoms with Crippen molar-refractivity contribution in [2.24, 2.45) is 5.92 Å². The van der Waals surface area contributed by atoms with Gasteiger partial charge in [0.25, 0.3) is 0 Å². The molecule has 1 aliphatic heterocycles. The fraction of sp³-hybridized carbons (Fsp3) is 0.333. The summed E-state index contributed by atoms with van der Waals surface area (Å²) in [5.74, 6) is -3.56. The molecular weight excluding hydrogens is 241 g/mol. The van der Waals surface area contributed by atoms with Gasteiger partial charge in [0.05, 0.1) is 12.0 Å². The second-order valence-electron chi connectivity index (χ2n) is 3.48. The van der Waals surface area contributed by atoms with Crippen molar-refractivity contribution in [3.8, 4) is 0 Å².